The maximum Gasteiger partial charge on any atom is 0.230 e. The highest BCUT2D eigenvalue weighted by molar-refractivity contribution is 7.99. The Morgan fingerprint density at radius 3 is 2.77 bits per heavy atom. The van der Waals surface area contributed by atoms with Crippen LogP contribution >= 0.6 is 11.8 Å². The Labute approximate surface area is 186 Å². The number of benzene rings is 1. The molecule has 0 saturated heterocycles. The Balaban J connectivity index is 1.58. The number of carbonyl (C=O) groups excluding carboxylic acids is 1. The van der Waals surface area contributed by atoms with Crippen LogP contribution in [0, 0.1) is 6.92 Å². The molecule has 1 aromatic carbocycles. The first kappa shape index (κ1) is 22.8. The number of hydrogen-bond acceptors (Lipinski definition) is 7. The average Bonchev–Trinajstić information content (AvgIpc) is 3.20. The van der Waals surface area contributed by atoms with Crippen molar-refractivity contribution in [3.8, 4) is 17.3 Å². The van der Waals surface area contributed by atoms with Gasteiger partial charge < -0.3 is 19.4 Å². The van der Waals surface area contributed by atoms with Crippen molar-refractivity contribution in [3.05, 3.63) is 53.7 Å². The Morgan fingerprint density at radius 2 is 2.00 bits per heavy atom. The molecule has 0 aliphatic rings. The highest BCUT2D eigenvalue weighted by atomic mass is 32.2. The Hall–Kier alpha value is -2.91. The number of amides is 1. The molecule has 9 heteroatoms. The molecule has 8 nitrogen and oxygen atoms in total. The largest absolute Gasteiger partial charge is 0.475 e. The number of nitrogens with zero attached hydrogens (tertiary/aromatic N) is 4. The van der Waals surface area contributed by atoms with E-state index in [1.165, 1.54) is 11.8 Å². The van der Waals surface area contributed by atoms with Gasteiger partial charge in [-0.1, -0.05) is 42.1 Å². The fourth-order valence-corrected chi connectivity index (χ4v) is 3.82. The van der Waals surface area contributed by atoms with Gasteiger partial charge in [0, 0.05) is 37.5 Å². The second kappa shape index (κ2) is 11.5. The van der Waals surface area contributed by atoms with Crippen molar-refractivity contribution in [1.29, 1.82) is 0 Å². The minimum absolute atomic E-state index is 0.0974. The van der Waals surface area contributed by atoms with Crippen LogP contribution < -0.4 is 10.1 Å². The summed E-state index contributed by atoms with van der Waals surface area (Å²) in [7, 11) is 1.61. The first-order valence-electron chi connectivity index (χ1n) is 10.1. The fraction of sp³-hybridized carbons (Fsp3) is 0.364. The molecule has 2 aromatic heterocycles. The van der Waals surface area contributed by atoms with Gasteiger partial charge in [0.05, 0.1) is 12.4 Å². The van der Waals surface area contributed by atoms with Gasteiger partial charge in [-0.05, 0) is 25.5 Å². The van der Waals surface area contributed by atoms with E-state index >= 15 is 0 Å². The molecule has 0 saturated carbocycles. The molecule has 0 spiro atoms. The second-order valence-electron chi connectivity index (χ2n) is 6.74. The molecule has 2 heterocycles. The van der Waals surface area contributed by atoms with Crippen molar-refractivity contribution < 1.29 is 14.3 Å². The van der Waals surface area contributed by atoms with E-state index in [0.29, 0.717) is 25.6 Å². The number of pyridine rings is 1. The Bertz CT molecular complexity index is 1010. The third-order valence-electron chi connectivity index (χ3n) is 4.60. The van der Waals surface area contributed by atoms with Crippen molar-refractivity contribution in [2.75, 3.05) is 26.1 Å². The summed E-state index contributed by atoms with van der Waals surface area (Å²) in [5.41, 5.74) is 3.00. The quantitative estimate of drug-likeness (QED) is 0.361. The van der Waals surface area contributed by atoms with Gasteiger partial charge in [0.15, 0.2) is 11.0 Å². The number of nitrogens with one attached hydrogen (secondary N) is 1. The number of aromatic nitrogens is 4. The normalized spacial score (nSPS) is 10.8. The van der Waals surface area contributed by atoms with E-state index in [4.69, 9.17) is 9.47 Å². The Kier molecular flexibility index (Phi) is 8.43. The van der Waals surface area contributed by atoms with Gasteiger partial charge >= 0.3 is 0 Å². The lowest BCUT2D eigenvalue weighted by atomic mass is 10.1. The zero-order valence-electron chi connectivity index (χ0n) is 18.0. The summed E-state index contributed by atoms with van der Waals surface area (Å²) in [6, 6.07) is 11.8. The van der Waals surface area contributed by atoms with Gasteiger partial charge in [-0.15, -0.1) is 10.2 Å². The molecule has 3 aromatic rings. The van der Waals surface area contributed by atoms with Gasteiger partial charge in [0.2, 0.25) is 11.8 Å². The summed E-state index contributed by atoms with van der Waals surface area (Å²) in [5.74, 6) is 1.46. The van der Waals surface area contributed by atoms with Crippen LogP contribution in [-0.4, -0.2) is 51.7 Å². The first-order valence-corrected chi connectivity index (χ1v) is 11.1. The molecule has 0 bridgehead atoms. The van der Waals surface area contributed by atoms with E-state index in [1.807, 2.05) is 41.8 Å². The number of carbonyl (C=O) groups is 1. The smallest absolute Gasteiger partial charge is 0.230 e. The van der Waals surface area contributed by atoms with Crippen LogP contribution in [0.5, 0.6) is 5.88 Å². The van der Waals surface area contributed by atoms with E-state index in [0.717, 1.165) is 34.2 Å². The summed E-state index contributed by atoms with van der Waals surface area (Å²) in [6.45, 7) is 6.03. The maximum absolute atomic E-state index is 12.4. The molecule has 0 unspecified atom stereocenters. The van der Waals surface area contributed by atoms with Gasteiger partial charge in [0.1, 0.15) is 6.61 Å². The summed E-state index contributed by atoms with van der Waals surface area (Å²) in [5, 5.41) is 12.3. The molecule has 1 N–H and O–H groups in total. The van der Waals surface area contributed by atoms with Gasteiger partial charge in [0.25, 0.3) is 0 Å². The molecular formula is C22H27N5O3S. The molecule has 3 rings (SSSR count). The standard InChI is InChI=1S/C22H27N5O3S/c1-4-27-20(18-10-6-5-8-16(18)2)25-26-22(27)31-15-19(28)24-14-17-9-7-11-23-21(17)30-13-12-29-3/h5-11H,4,12-15H2,1-3H3,(H,24,28). The van der Waals surface area contributed by atoms with Crippen molar-refractivity contribution >= 4 is 17.7 Å². The molecule has 0 aliphatic carbocycles. The van der Waals surface area contributed by atoms with E-state index in [9.17, 15) is 4.79 Å². The predicted molar refractivity (Wildman–Crippen MR) is 120 cm³/mol. The van der Waals surface area contributed by atoms with Crippen molar-refractivity contribution in [1.82, 2.24) is 25.1 Å². The predicted octanol–water partition coefficient (Wildman–Crippen LogP) is 3.10. The molecule has 0 atom stereocenters. The maximum atomic E-state index is 12.4. The van der Waals surface area contributed by atoms with Crippen molar-refractivity contribution in [3.63, 3.8) is 0 Å². The van der Waals surface area contributed by atoms with Crippen LogP contribution in [-0.2, 0) is 22.6 Å². The number of hydrogen-bond donors (Lipinski definition) is 1. The lowest BCUT2D eigenvalue weighted by Crippen LogP contribution is -2.25. The number of methoxy groups -OCH3 is 1. The second-order valence-corrected chi connectivity index (χ2v) is 7.68. The minimum Gasteiger partial charge on any atom is -0.475 e. The number of aryl methyl sites for hydroxylation is 1. The van der Waals surface area contributed by atoms with Crippen molar-refractivity contribution in [2.45, 2.75) is 32.1 Å². The van der Waals surface area contributed by atoms with Gasteiger partial charge in [-0.3, -0.25) is 4.79 Å². The highest BCUT2D eigenvalue weighted by Crippen LogP contribution is 2.26. The molecule has 164 valence electrons. The molecule has 0 fully saturated rings. The number of rotatable bonds is 11. The van der Waals surface area contributed by atoms with Crippen LogP contribution in [0.1, 0.15) is 18.1 Å². The molecular weight excluding hydrogens is 414 g/mol. The Morgan fingerprint density at radius 1 is 1.16 bits per heavy atom. The fourth-order valence-electron chi connectivity index (χ4n) is 2.99. The summed E-state index contributed by atoms with van der Waals surface area (Å²) >= 11 is 1.37. The van der Waals surface area contributed by atoms with Gasteiger partial charge in [-0.25, -0.2) is 4.98 Å². The number of ether oxygens (including phenoxy) is 2. The molecule has 31 heavy (non-hydrogen) atoms. The van der Waals surface area contributed by atoms with E-state index < -0.39 is 0 Å². The SMILES string of the molecule is CCn1c(SCC(=O)NCc2cccnc2OCCOC)nnc1-c1ccccc1C. The number of thioether (sulfide) groups is 1. The zero-order chi connectivity index (χ0) is 22.1. The summed E-state index contributed by atoms with van der Waals surface area (Å²) in [6.07, 6.45) is 1.66. The molecule has 0 radical (unpaired) electrons. The summed E-state index contributed by atoms with van der Waals surface area (Å²) < 4.78 is 12.6. The zero-order valence-corrected chi connectivity index (χ0v) is 18.8. The van der Waals surface area contributed by atoms with Crippen LogP contribution in [0.25, 0.3) is 11.4 Å². The molecule has 1 amide bonds. The van der Waals surface area contributed by atoms with Gasteiger partial charge in [-0.2, -0.15) is 0 Å². The van der Waals surface area contributed by atoms with Crippen LogP contribution in [0.4, 0.5) is 0 Å². The van der Waals surface area contributed by atoms with Crippen LogP contribution in [0.2, 0.25) is 0 Å². The van der Waals surface area contributed by atoms with Crippen LogP contribution in [0.15, 0.2) is 47.8 Å². The molecule has 0 aliphatic heterocycles. The van der Waals surface area contributed by atoms with E-state index in [1.54, 1.807) is 13.3 Å². The lowest BCUT2D eigenvalue weighted by molar-refractivity contribution is -0.118. The average molecular weight is 442 g/mol. The van der Waals surface area contributed by atoms with E-state index in [2.05, 4.69) is 33.5 Å². The third kappa shape index (κ3) is 6.05. The summed E-state index contributed by atoms with van der Waals surface area (Å²) in [4.78, 5) is 16.6. The highest BCUT2D eigenvalue weighted by Gasteiger charge is 2.16. The lowest BCUT2D eigenvalue weighted by Gasteiger charge is -2.11. The monoisotopic (exact) mass is 441 g/mol. The van der Waals surface area contributed by atoms with Crippen LogP contribution in [0.3, 0.4) is 0 Å². The first-order chi connectivity index (χ1) is 15.1. The topological polar surface area (TPSA) is 91.2 Å². The van der Waals surface area contributed by atoms with Crippen molar-refractivity contribution in [2.24, 2.45) is 0 Å². The van der Waals surface area contributed by atoms with E-state index in [-0.39, 0.29) is 11.7 Å². The minimum atomic E-state index is -0.0974. The third-order valence-corrected chi connectivity index (χ3v) is 5.57.